The zero-order chi connectivity index (χ0) is 11.5. The van der Waals surface area contributed by atoms with Gasteiger partial charge in [0, 0.05) is 17.3 Å². The number of rotatable bonds is 2. The van der Waals surface area contributed by atoms with E-state index in [1.54, 1.807) is 30.3 Å². The first kappa shape index (κ1) is 10.0. The lowest BCUT2D eigenvalue weighted by Crippen LogP contribution is -2.19. The number of amides is 2. The number of benzene rings is 1. The Morgan fingerprint density at radius 1 is 1.31 bits per heavy atom. The first-order valence-corrected chi connectivity index (χ1v) is 4.54. The van der Waals surface area contributed by atoms with E-state index in [0.29, 0.717) is 11.4 Å². The monoisotopic (exact) mass is 218 g/mol. The molecule has 0 aliphatic heterocycles. The van der Waals surface area contributed by atoms with Crippen LogP contribution >= 0.6 is 0 Å². The maximum absolute atomic E-state index is 10.6. The van der Waals surface area contributed by atoms with E-state index < -0.39 is 6.03 Å². The highest BCUT2D eigenvalue weighted by atomic mass is 16.5. The largest absolute Gasteiger partial charge is 0.368 e. The van der Waals surface area contributed by atoms with Crippen molar-refractivity contribution in [3.8, 4) is 11.3 Å². The second-order valence-corrected chi connectivity index (χ2v) is 3.18. The predicted molar refractivity (Wildman–Crippen MR) is 59.6 cm³/mol. The maximum atomic E-state index is 10.6. The average Bonchev–Trinajstić information content (AvgIpc) is 2.65. The third-order valence-corrected chi connectivity index (χ3v) is 1.98. The van der Waals surface area contributed by atoms with Crippen LogP contribution in [-0.2, 0) is 0 Å². The minimum absolute atomic E-state index is 0.259. The summed E-state index contributed by atoms with van der Waals surface area (Å²) in [6.07, 6.45) is 0. The molecule has 1 aromatic carbocycles. The molecule has 2 rings (SSSR count). The second kappa shape index (κ2) is 3.93. The molecule has 0 atom stereocenters. The molecule has 5 N–H and O–H groups in total. The molecule has 0 aliphatic carbocycles. The summed E-state index contributed by atoms with van der Waals surface area (Å²) in [4.78, 5) is 10.6. The zero-order valence-electron chi connectivity index (χ0n) is 8.31. The summed E-state index contributed by atoms with van der Waals surface area (Å²) in [5.41, 5.74) is 12.5. The quantitative estimate of drug-likeness (QED) is 0.708. The first-order chi connectivity index (χ1) is 7.65. The highest BCUT2D eigenvalue weighted by Crippen LogP contribution is 2.21. The number of nitrogens with two attached hydrogens (primary N) is 2. The number of nitrogen functional groups attached to an aromatic ring is 1. The third kappa shape index (κ3) is 2.11. The van der Waals surface area contributed by atoms with Gasteiger partial charge in [-0.25, -0.2) is 4.79 Å². The predicted octanol–water partition coefficient (Wildman–Crippen LogP) is 1.41. The fourth-order valence-electron chi connectivity index (χ4n) is 1.29. The Hall–Kier alpha value is -2.50. The van der Waals surface area contributed by atoms with Crippen LogP contribution in [-0.4, -0.2) is 11.2 Å². The standard InChI is InChI=1S/C10H10N4O2/c11-9-5-8(14-16-9)6-1-3-7(4-2-6)13-10(12)15/h1-5H,11H2,(H3,12,13,15). The fourth-order valence-corrected chi connectivity index (χ4v) is 1.29. The molecule has 0 bridgehead atoms. The van der Waals surface area contributed by atoms with Crippen molar-refractivity contribution in [3.05, 3.63) is 30.3 Å². The molecule has 0 unspecified atom stereocenters. The summed E-state index contributed by atoms with van der Waals surface area (Å²) in [7, 11) is 0. The van der Waals surface area contributed by atoms with Gasteiger partial charge in [0.25, 0.3) is 0 Å². The van der Waals surface area contributed by atoms with Crippen LogP contribution < -0.4 is 16.8 Å². The Kier molecular flexibility index (Phi) is 2.47. The molecule has 0 saturated carbocycles. The van der Waals surface area contributed by atoms with Crippen molar-refractivity contribution in [1.82, 2.24) is 5.16 Å². The summed E-state index contributed by atoms with van der Waals surface area (Å²) < 4.78 is 4.75. The van der Waals surface area contributed by atoms with Gasteiger partial charge in [-0.3, -0.25) is 0 Å². The van der Waals surface area contributed by atoms with E-state index >= 15 is 0 Å². The number of nitrogens with one attached hydrogen (secondary N) is 1. The van der Waals surface area contributed by atoms with Crippen LogP contribution in [0.25, 0.3) is 11.3 Å². The minimum atomic E-state index is -0.599. The van der Waals surface area contributed by atoms with Crippen LogP contribution in [0.2, 0.25) is 0 Å². The fraction of sp³-hybridized carbons (Fsp3) is 0. The van der Waals surface area contributed by atoms with Crippen molar-refractivity contribution in [1.29, 1.82) is 0 Å². The molecule has 0 radical (unpaired) electrons. The van der Waals surface area contributed by atoms with Crippen molar-refractivity contribution in [2.24, 2.45) is 5.73 Å². The third-order valence-electron chi connectivity index (χ3n) is 1.98. The van der Waals surface area contributed by atoms with Crippen molar-refractivity contribution in [2.75, 3.05) is 11.1 Å². The first-order valence-electron chi connectivity index (χ1n) is 4.54. The van der Waals surface area contributed by atoms with E-state index in [2.05, 4.69) is 10.5 Å². The molecule has 16 heavy (non-hydrogen) atoms. The van der Waals surface area contributed by atoms with Crippen LogP contribution in [0.15, 0.2) is 34.9 Å². The Morgan fingerprint density at radius 3 is 2.50 bits per heavy atom. The lowest BCUT2D eigenvalue weighted by Gasteiger charge is -2.01. The van der Waals surface area contributed by atoms with Crippen molar-refractivity contribution < 1.29 is 9.32 Å². The Balaban J connectivity index is 2.22. The molecule has 6 heteroatoms. The van der Waals surface area contributed by atoms with E-state index in [9.17, 15) is 4.79 Å². The SMILES string of the molecule is NC(=O)Nc1ccc(-c2cc(N)on2)cc1. The number of aromatic nitrogens is 1. The zero-order valence-corrected chi connectivity index (χ0v) is 8.31. The van der Waals surface area contributed by atoms with Gasteiger partial charge in [-0.15, -0.1) is 0 Å². The summed E-state index contributed by atoms with van der Waals surface area (Å²) in [6, 6.07) is 8.01. The number of primary amides is 1. The van der Waals surface area contributed by atoms with Gasteiger partial charge in [0.2, 0.25) is 5.88 Å². The molecular weight excluding hydrogens is 208 g/mol. The molecule has 1 heterocycles. The maximum Gasteiger partial charge on any atom is 0.316 e. The van der Waals surface area contributed by atoms with Crippen molar-refractivity contribution in [2.45, 2.75) is 0 Å². The average molecular weight is 218 g/mol. The van der Waals surface area contributed by atoms with Gasteiger partial charge >= 0.3 is 6.03 Å². The number of urea groups is 1. The van der Waals surface area contributed by atoms with Gasteiger partial charge in [-0.1, -0.05) is 17.3 Å². The topological polar surface area (TPSA) is 107 Å². The highest BCUT2D eigenvalue weighted by molar-refractivity contribution is 5.88. The number of carbonyl (C=O) groups excluding carboxylic acids is 1. The lowest BCUT2D eigenvalue weighted by atomic mass is 10.1. The molecule has 1 aromatic heterocycles. The Bertz CT molecular complexity index is 504. The number of nitrogens with zero attached hydrogens (tertiary/aromatic N) is 1. The minimum Gasteiger partial charge on any atom is -0.368 e. The molecule has 82 valence electrons. The summed E-state index contributed by atoms with van der Waals surface area (Å²) in [5, 5.41) is 6.22. The molecule has 0 spiro atoms. The number of carbonyl (C=O) groups is 1. The number of anilines is 2. The summed E-state index contributed by atoms with van der Waals surface area (Å²) in [5.74, 6) is 0.259. The van der Waals surface area contributed by atoms with E-state index in [-0.39, 0.29) is 5.88 Å². The lowest BCUT2D eigenvalue weighted by molar-refractivity contribution is 0.259. The number of hydrogen-bond donors (Lipinski definition) is 3. The van der Waals surface area contributed by atoms with Crippen LogP contribution in [0.5, 0.6) is 0 Å². The van der Waals surface area contributed by atoms with Crippen LogP contribution in [0.1, 0.15) is 0 Å². The molecule has 0 saturated heterocycles. The van der Waals surface area contributed by atoms with Crippen LogP contribution in [0.4, 0.5) is 16.4 Å². The van der Waals surface area contributed by atoms with Gasteiger partial charge in [-0.2, -0.15) is 0 Å². The Labute approximate surface area is 91.2 Å². The van der Waals surface area contributed by atoms with Crippen LogP contribution in [0.3, 0.4) is 0 Å². The molecular formula is C10H10N4O2. The Morgan fingerprint density at radius 2 is 2.00 bits per heavy atom. The van der Waals surface area contributed by atoms with E-state index in [4.69, 9.17) is 16.0 Å². The van der Waals surface area contributed by atoms with Crippen molar-refractivity contribution >= 4 is 17.6 Å². The highest BCUT2D eigenvalue weighted by Gasteiger charge is 2.04. The smallest absolute Gasteiger partial charge is 0.316 e. The molecule has 0 aliphatic rings. The van der Waals surface area contributed by atoms with Gasteiger partial charge < -0.3 is 21.3 Å². The molecule has 0 fully saturated rings. The molecule has 2 aromatic rings. The number of hydrogen-bond acceptors (Lipinski definition) is 4. The van der Waals surface area contributed by atoms with Gasteiger partial charge in [0.15, 0.2) is 0 Å². The van der Waals surface area contributed by atoms with Gasteiger partial charge in [0.1, 0.15) is 5.69 Å². The van der Waals surface area contributed by atoms with Gasteiger partial charge in [0.05, 0.1) is 0 Å². The van der Waals surface area contributed by atoms with E-state index in [1.807, 2.05) is 0 Å². The van der Waals surface area contributed by atoms with E-state index in [1.165, 1.54) is 0 Å². The van der Waals surface area contributed by atoms with Gasteiger partial charge in [-0.05, 0) is 12.1 Å². The van der Waals surface area contributed by atoms with E-state index in [0.717, 1.165) is 5.56 Å². The summed E-state index contributed by atoms with van der Waals surface area (Å²) in [6.45, 7) is 0. The van der Waals surface area contributed by atoms with Crippen LogP contribution in [0, 0.1) is 0 Å². The molecule has 6 nitrogen and oxygen atoms in total. The summed E-state index contributed by atoms with van der Waals surface area (Å²) >= 11 is 0. The normalized spacial score (nSPS) is 10.0. The second-order valence-electron chi connectivity index (χ2n) is 3.18. The molecule has 2 amide bonds. The van der Waals surface area contributed by atoms with Crippen molar-refractivity contribution in [3.63, 3.8) is 0 Å².